The fourth-order valence-electron chi connectivity index (χ4n) is 1.36. The summed E-state index contributed by atoms with van der Waals surface area (Å²) >= 11 is 0. The molecule has 0 spiro atoms. The first-order chi connectivity index (χ1) is 7.56. The number of rotatable bonds is 5. The molecule has 0 amide bonds. The molecule has 1 rings (SSSR count). The Labute approximate surface area is 97.5 Å². The van der Waals surface area contributed by atoms with Crippen molar-refractivity contribution in [3.05, 3.63) is 18.7 Å². The first-order valence-corrected chi connectivity index (χ1v) is 5.74. The van der Waals surface area contributed by atoms with E-state index in [-0.39, 0.29) is 0 Å². The third-order valence-electron chi connectivity index (χ3n) is 2.09. The number of carboxylic acids is 1. The second-order valence-corrected chi connectivity index (χ2v) is 3.87. The third kappa shape index (κ3) is 9.24. The van der Waals surface area contributed by atoms with Crippen LogP contribution >= 0.6 is 0 Å². The van der Waals surface area contributed by atoms with Gasteiger partial charge in [0.1, 0.15) is 12.4 Å². The van der Waals surface area contributed by atoms with Crippen LogP contribution in [0.3, 0.4) is 0 Å². The lowest BCUT2D eigenvalue weighted by Crippen LogP contribution is -2.23. The van der Waals surface area contributed by atoms with E-state index in [9.17, 15) is 0 Å². The van der Waals surface area contributed by atoms with Gasteiger partial charge >= 0.3 is 0 Å². The molecule has 1 aromatic heterocycles. The van der Waals surface area contributed by atoms with Crippen LogP contribution in [0.25, 0.3) is 0 Å². The zero-order valence-electron chi connectivity index (χ0n) is 10.5. The van der Waals surface area contributed by atoms with Crippen LogP contribution in [0.4, 0.5) is 0 Å². The molecule has 0 aromatic carbocycles. The summed E-state index contributed by atoms with van der Waals surface area (Å²) in [5, 5.41) is 8.89. The molecule has 16 heavy (non-hydrogen) atoms. The first-order valence-electron chi connectivity index (χ1n) is 5.74. The van der Waals surface area contributed by atoms with Crippen LogP contribution < -0.4 is 9.67 Å². The lowest BCUT2D eigenvalue weighted by Gasteiger charge is -1.95. The zero-order valence-corrected chi connectivity index (χ0v) is 10.5. The molecule has 0 saturated carbocycles. The van der Waals surface area contributed by atoms with Crippen LogP contribution in [0.2, 0.25) is 0 Å². The molecule has 0 bridgehead atoms. The second kappa shape index (κ2) is 8.95. The van der Waals surface area contributed by atoms with E-state index in [0.717, 1.165) is 6.92 Å². The quantitative estimate of drug-likeness (QED) is 0.547. The van der Waals surface area contributed by atoms with Crippen molar-refractivity contribution in [1.29, 1.82) is 0 Å². The number of unbranched alkanes of at least 4 members (excludes halogenated alkanes) is 3. The van der Waals surface area contributed by atoms with Crippen LogP contribution in [0.15, 0.2) is 18.7 Å². The summed E-state index contributed by atoms with van der Waals surface area (Å²) in [4.78, 5) is 8.89. The van der Waals surface area contributed by atoms with E-state index >= 15 is 0 Å². The monoisotopic (exact) mass is 226 g/mol. The fourth-order valence-corrected chi connectivity index (χ4v) is 1.36. The average Bonchev–Trinajstić information content (AvgIpc) is 2.58. The molecular formula is C12H22N2O2. The Morgan fingerprint density at radius 2 is 2.00 bits per heavy atom. The maximum Gasteiger partial charge on any atom is 0.243 e. The van der Waals surface area contributed by atoms with Gasteiger partial charge in [0.05, 0.1) is 13.6 Å². The molecule has 0 atom stereocenters. The molecular weight excluding hydrogens is 204 g/mol. The summed E-state index contributed by atoms with van der Waals surface area (Å²) in [6.45, 7) is 4.39. The van der Waals surface area contributed by atoms with Crippen molar-refractivity contribution in [3.8, 4) is 0 Å². The molecule has 1 aromatic rings. The molecule has 0 aliphatic rings. The highest BCUT2D eigenvalue weighted by Crippen LogP contribution is 2.00. The summed E-state index contributed by atoms with van der Waals surface area (Å²) in [6, 6.07) is 0. The van der Waals surface area contributed by atoms with E-state index in [1.165, 1.54) is 32.2 Å². The van der Waals surface area contributed by atoms with Gasteiger partial charge in [-0.1, -0.05) is 19.8 Å². The number of aryl methyl sites for hydroxylation is 2. The van der Waals surface area contributed by atoms with Gasteiger partial charge < -0.3 is 9.90 Å². The van der Waals surface area contributed by atoms with Gasteiger partial charge in [0.2, 0.25) is 6.33 Å². The van der Waals surface area contributed by atoms with Crippen LogP contribution in [0.1, 0.15) is 39.5 Å². The third-order valence-corrected chi connectivity index (χ3v) is 2.09. The molecule has 4 nitrogen and oxygen atoms in total. The molecule has 0 radical (unpaired) electrons. The molecule has 0 aliphatic carbocycles. The molecule has 1 heterocycles. The molecule has 0 N–H and O–H groups in total. The maximum absolute atomic E-state index is 8.89. The van der Waals surface area contributed by atoms with Gasteiger partial charge in [0.15, 0.2) is 0 Å². The molecule has 0 unspecified atom stereocenters. The standard InChI is InChI=1S/C10H19N2.C2H4O2/c1-3-4-5-6-7-12-9-8-11(2)10-12;1-2(3)4/h8-10H,3-7H2,1-2H3;1H3,(H,3,4)/q+1;/p-1. The Hall–Kier alpha value is -1.32. The highest BCUT2D eigenvalue weighted by Gasteiger charge is 1.97. The van der Waals surface area contributed by atoms with Gasteiger partial charge in [-0.2, -0.15) is 0 Å². The number of aromatic nitrogens is 2. The minimum atomic E-state index is -1.08. The Morgan fingerprint density at radius 1 is 1.38 bits per heavy atom. The maximum atomic E-state index is 8.89. The van der Waals surface area contributed by atoms with Crippen molar-refractivity contribution >= 4 is 5.97 Å². The number of aliphatic carboxylic acids is 1. The van der Waals surface area contributed by atoms with Crippen molar-refractivity contribution in [2.75, 3.05) is 0 Å². The zero-order chi connectivity index (χ0) is 12.4. The minimum absolute atomic E-state index is 0.972. The van der Waals surface area contributed by atoms with Crippen LogP contribution in [0, 0.1) is 0 Å². The lowest BCUT2D eigenvalue weighted by atomic mass is 10.2. The largest absolute Gasteiger partial charge is 0.550 e. The molecule has 0 saturated heterocycles. The van der Waals surface area contributed by atoms with Crippen molar-refractivity contribution in [2.24, 2.45) is 7.05 Å². The van der Waals surface area contributed by atoms with Gasteiger partial charge in [-0.05, 0) is 19.8 Å². The predicted molar refractivity (Wildman–Crippen MR) is 60.4 cm³/mol. The van der Waals surface area contributed by atoms with E-state index in [4.69, 9.17) is 9.90 Å². The van der Waals surface area contributed by atoms with Crippen molar-refractivity contribution in [1.82, 2.24) is 4.57 Å². The number of hydrogen-bond donors (Lipinski definition) is 0. The van der Waals surface area contributed by atoms with Gasteiger partial charge in [-0.3, -0.25) is 0 Å². The molecule has 4 heteroatoms. The summed E-state index contributed by atoms with van der Waals surface area (Å²) < 4.78 is 4.33. The number of carbonyl (C=O) groups is 1. The Morgan fingerprint density at radius 3 is 2.44 bits per heavy atom. The van der Waals surface area contributed by atoms with E-state index < -0.39 is 5.97 Å². The summed E-state index contributed by atoms with van der Waals surface area (Å²) in [6.07, 6.45) is 11.7. The van der Waals surface area contributed by atoms with Crippen molar-refractivity contribution < 1.29 is 14.5 Å². The summed E-state index contributed by atoms with van der Waals surface area (Å²) in [7, 11) is 2.06. The molecule has 0 fully saturated rings. The second-order valence-electron chi connectivity index (χ2n) is 3.87. The molecule has 92 valence electrons. The number of imidazole rings is 1. The van der Waals surface area contributed by atoms with Gasteiger partial charge in [-0.15, -0.1) is 0 Å². The summed E-state index contributed by atoms with van der Waals surface area (Å²) in [5.41, 5.74) is 0. The van der Waals surface area contributed by atoms with E-state index in [1.54, 1.807) is 0 Å². The highest BCUT2D eigenvalue weighted by atomic mass is 16.4. The Kier molecular flexibility index (Phi) is 8.21. The smallest absolute Gasteiger partial charge is 0.243 e. The Bertz CT molecular complexity index is 291. The van der Waals surface area contributed by atoms with E-state index in [0.29, 0.717) is 0 Å². The van der Waals surface area contributed by atoms with Crippen LogP contribution in [-0.2, 0) is 18.4 Å². The number of hydrogen-bond acceptors (Lipinski definition) is 2. The Balaban J connectivity index is 0.000000487. The lowest BCUT2D eigenvalue weighted by molar-refractivity contribution is -0.671. The number of nitrogens with zero attached hydrogens (tertiary/aromatic N) is 2. The average molecular weight is 226 g/mol. The normalized spacial score (nSPS) is 9.44. The highest BCUT2D eigenvalue weighted by molar-refractivity contribution is 5.60. The van der Waals surface area contributed by atoms with E-state index in [2.05, 4.69) is 41.8 Å². The topological polar surface area (TPSA) is 48.9 Å². The van der Waals surface area contributed by atoms with E-state index in [1.807, 2.05) is 0 Å². The number of carbonyl (C=O) groups excluding carboxylic acids is 1. The van der Waals surface area contributed by atoms with Gasteiger partial charge in [-0.25, -0.2) is 9.13 Å². The minimum Gasteiger partial charge on any atom is -0.550 e. The molecule has 0 aliphatic heterocycles. The van der Waals surface area contributed by atoms with Crippen molar-refractivity contribution in [3.63, 3.8) is 0 Å². The van der Waals surface area contributed by atoms with Gasteiger partial charge in [0, 0.05) is 5.97 Å². The first kappa shape index (κ1) is 14.7. The van der Waals surface area contributed by atoms with Crippen LogP contribution in [-0.4, -0.2) is 10.5 Å². The SMILES string of the molecule is CC(=O)[O-].CCCCCCn1cc[n+](C)c1. The predicted octanol–water partition coefficient (Wildman–Crippen LogP) is 0.649. The summed E-state index contributed by atoms with van der Waals surface area (Å²) in [5.74, 6) is -1.08. The van der Waals surface area contributed by atoms with Crippen LogP contribution in [0.5, 0.6) is 0 Å². The fraction of sp³-hybridized carbons (Fsp3) is 0.667. The van der Waals surface area contributed by atoms with Gasteiger partial charge in [0.25, 0.3) is 0 Å². The number of carboxylic acid groups (broad SMARTS) is 1. The van der Waals surface area contributed by atoms with Crippen molar-refractivity contribution in [2.45, 2.75) is 46.1 Å².